The number of nitrogens with two attached hydrogens (primary N) is 1. The van der Waals surface area contributed by atoms with Gasteiger partial charge in [0, 0.05) is 24.6 Å². The first-order chi connectivity index (χ1) is 12.3. The van der Waals surface area contributed by atoms with E-state index in [4.69, 9.17) is 17.3 Å². The summed E-state index contributed by atoms with van der Waals surface area (Å²) in [5.41, 5.74) is 5.63. The van der Waals surface area contributed by atoms with Crippen LogP contribution >= 0.6 is 11.6 Å². The van der Waals surface area contributed by atoms with Crippen molar-refractivity contribution in [1.82, 2.24) is 0 Å². The number of rotatable bonds is 6. The molecule has 0 aromatic heterocycles. The predicted octanol–water partition coefficient (Wildman–Crippen LogP) is 2.83. The number of oxime groups is 1. The first-order valence-electron chi connectivity index (χ1n) is 6.99. The smallest absolute Gasteiger partial charge is 0.366 e. The lowest BCUT2D eigenvalue weighted by atomic mass is 10.1. The zero-order chi connectivity index (χ0) is 19.3. The highest BCUT2D eigenvalue weighted by Crippen LogP contribution is 2.25. The second kappa shape index (κ2) is 8.03. The van der Waals surface area contributed by atoms with Crippen molar-refractivity contribution >= 4 is 34.8 Å². The molecule has 0 spiro atoms. The summed E-state index contributed by atoms with van der Waals surface area (Å²) in [6.07, 6.45) is 0.0893. The fraction of sp³-hybridized carbons (Fsp3) is 0.0667. The monoisotopic (exact) mass is 378 g/mol. The molecule has 0 aliphatic rings. The van der Waals surface area contributed by atoms with E-state index in [1.807, 2.05) is 0 Å². The molecule has 0 amide bonds. The summed E-state index contributed by atoms with van der Waals surface area (Å²) in [6, 6.07) is 9.01. The van der Waals surface area contributed by atoms with Crippen molar-refractivity contribution in [2.75, 3.05) is 0 Å². The number of hydrogen-bond donors (Lipinski definition) is 1. The Morgan fingerprint density at radius 2 is 1.77 bits per heavy atom. The molecule has 0 radical (unpaired) electrons. The average Bonchev–Trinajstić information content (AvgIpc) is 2.60. The number of halogens is 1. The average molecular weight is 379 g/mol. The number of carbonyl (C=O) groups excluding carboxylic acids is 1. The minimum Gasteiger partial charge on any atom is -0.384 e. The third-order valence-corrected chi connectivity index (χ3v) is 3.48. The van der Waals surface area contributed by atoms with Crippen LogP contribution < -0.4 is 5.73 Å². The molecule has 0 atom stereocenters. The van der Waals surface area contributed by atoms with Gasteiger partial charge < -0.3 is 10.6 Å². The van der Waals surface area contributed by atoms with E-state index in [2.05, 4.69) is 9.99 Å². The number of hydrogen-bond acceptors (Lipinski definition) is 7. The molecule has 2 aromatic carbocycles. The number of amidine groups is 1. The Morgan fingerprint density at radius 1 is 1.12 bits per heavy atom. The summed E-state index contributed by atoms with van der Waals surface area (Å²) >= 11 is 5.66. The van der Waals surface area contributed by atoms with E-state index >= 15 is 0 Å². The van der Waals surface area contributed by atoms with Gasteiger partial charge in [-0.3, -0.25) is 20.2 Å². The second-order valence-electron chi connectivity index (χ2n) is 4.99. The van der Waals surface area contributed by atoms with Crippen molar-refractivity contribution in [2.24, 2.45) is 10.9 Å². The van der Waals surface area contributed by atoms with Gasteiger partial charge in [0.2, 0.25) is 0 Å². The van der Waals surface area contributed by atoms with E-state index in [9.17, 15) is 25.0 Å². The van der Waals surface area contributed by atoms with Crippen LogP contribution in [0.1, 0.15) is 15.9 Å². The lowest BCUT2D eigenvalue weighted by Gasteiger charge is -2.02. The quantitative estimate of drug-likeness (QED) is 0.266. The summed E-state index contributed by atoms with van der Waals surface area (Å²) in [5, 5.41) is 24.7. The Labute approximate surface area is 151 Å². The van der Waals surface area contributed by atoms with E-state index in [-0.39, 0.29) is 28.5 Å². The fourth-order valence-electron chi connectivity index (χ4n) is 1.91. The molecule has 0 aliphatic heterocycles. The van der Waals surface area contributed by atoms with Gasteiger partial charge in [-0.15, -0.1) is 0 Å². The highest BCUT2D eigenvalue weighted by atomic mass is 35.5. The lowest BCUT2D eigenvalue weighted by molar-refractivity contribution is -0.385. The summed E-state index contributed by atoms with van der Waals surface area (Å²) in [4.78, 5) is 36.7. The number of nitro groups is 2. The first kappa shape index (κ1) is 18.8. The van der Waals surface area contributed by atoms with Crippen LogP contribution in [-0.2, 0) is 11.3 Å². The molecule has 2 N–H and O–H groups in total. The lowest BCUT2D eigenvalue weighted by Crippen LogP contribution is -2.16. The van der Waals surface area contributed by atoms with Crippen LogP contribution in [0.15, 0.2) is 47.6 Å². The first-order valence-corrected chi connectivity index (χ1v) is 7.36. The molecule has 26 heavy (non-hydrogen) atoms. The Kier molecular flexibility index (Phi) is 5.81. The van der Waals surface area contributed by atoms with Crippen molar-refractivity contribution in [1.29, 1.82) is 0 Å². The highest BCUT2D eigenvalue weighted by Gasteiger charge is 2.17. The van der Waals surface area contributed by atoms with Crippen molar-refractivity contribution < 1.29 is 19.5 Å². The largest absolute Gasteiger partial charge is 0.384 e. The van der Waals surface area contributed by atoms with Gasteiger partial charge in [-0.2, -0.15) is 0 Å². The number of carbonyl (C=O) groups is 1. The molecule has 2 aromatic rings. The molecular formula is C15H11ClN4O6. The standard InChI is InChI=1S/C15H11ClN4O6/c16-12-6-3-10(8-13(12)20(24)25)15(21)26-18-14(17)7-9-1-4-11(5-2-9)19(22)23/h1-6,8H,7H2,(H2,17,18). The molecule has 0 saturated heterocycles. The van der Waals surface area contributed by atoms with Gasteiger partial charge >= 0.3 is 5.97 Å². The zero-order valence-corrected chi connectivity index (χ0v) is 13.8. The second-order valence-corrected chi connectivity index (χ2v) is 5.39. The van der Waals surface area contributed by atoms with Gasteiger partial charge in [0.15, 0.2) is 0 Å². The maximum Gasteiger partial charge on any atom is 0.366 e. The van der Waals surface area contributed by atoms with Gasteiger partial charge in [0.1, 0.15) is 10.9 Å². The summed E-state index contributed by atoms with van der Waals surface area (Å²) in [6.45, 7) is 0. The molecule has 0 aliphatic carbocycles. The summed E-state index contributed by atoms with van der Waals surface area (Å²) < 4.78 is 0. The van der Waals surface area contributed by atoms with Gasteiger partial charge in [-0.1, -0.05) is 28.9 Å². The van der Waals surface area contributed by atoms with E-state index < -0.39 is 21.5 Å². The molecule has 0 bridgehead atoms. The molecule has 2 rings (SSSR count). The van der Waals surface area contributed by atoms with E-state index in [1.54, 1.807) is 0 Å². The number of non-ortho nitro benzene ring substituents is 1. The molecule has 0 saturated carbocycles. The molecule has 11 heteroatoms. The molecule has 0 heterocycles. The molecule has 0 fully saturated rings. The van der Waals surface area contributed by atoms with Crippen LogP contribution in [0.4, 0.5) is 11.4 Å². The Balaban J connectivity index is 2.04. The minimum atomic E-state index is -0.948. The van der Waals surface area contributed by atoms with Crippen LogP contribution in [0.5, 0.6) is 0 Å². The zero-order valence-electron chi connectivity index (χ0n) is 13.0. The molecule has 10 nitrogen and oxygen atoms in total. The SMILES string of the molecule is N/C(Cc1ccc([N+](=O)[O-])cc1)=N/OC(=O)c1ccc(Cl)c([N+](=O)[O-])c1. The van der Waals surface area contributed by atoms with Crippen LogP contribution in [0.3, 0.4) is 0 Å². The van der Waals surface area contributed by atoms with E-state index in [1.165, 1.54) is 36.4 Å². The van der Waals surface area contributed by atoms with Crippen LogP contribution in [0.25, 0.3) is 0 Å². The van der Waals surface area contributed by atoms with Crippen molar-refractivity contribution in [3.05, 3.63) is 78.8 Å². The Bertz CT molecular complexity index is 898. The normalized spacial score (nSPS) is 11.0. The Morgan fingerprint density at radius 3 is 2.35 bits per heavy atom. The van der Waals surface area contributed by atoms with Gasteiger partial charge in [0.05, 0.1) is 15.4 Å². The third-order valence-electron chi connectivity index (χ3n) is 3.16. The van der Waals surface area contributed by atoms with Crippen LogP contribution in [-0.4, -0.2) is 21.7 Å². The molecular weight excluding hydrogens is 368 g/mol. The number of benzene rings is 2. The molecule has 0 unspecified atom stereocenters. The fourth-order valence-corrected chi connectivity index (χ4v) is 2.10. The summed E-state index contributed by atoms with van der Waals surface area (Å²) in [5.74, 6) is -1.01. The minimum absolute atomic E-state index is 0.0596. The van der Waals surface area contributed by atoms with Gasteiger partial charge in [-0.25, -0.2) is 4.79 Å². The van der Waals surface area contributed by atoms with Gasteiger partial charge in [-0.05, 0) is 17.7 Å². The maximum atomic E-state index is 11.9. The number of nitrogens with zero attached hydrogens (tertiary/aromatic N) is 3. The third kappa shape index (κ3) is 4.74. The highest BCUT2D eigenvalue weighted by molar-refractivity contribution is 6.32. The van der Waals surface area contributed by atoms with E-state index in [0.29, 0.717) is 5.56 Å². The van der Waals surface area contributed by atoms with Crippen molar-refractivity contribution in [3.8, 4) is 0 Å². The number of nitro benzene ring substituents is 2. The molecule has 134 valence electrons. The van der Waals surface area contributed by atoms with Crippen molar-refractivity contribution in [3.63, 3.8) is 0 Å². The maximum absolute atomic E-state index is 11.9. The van der Waals surface area contributed by atoms with E-state index in [0.717, 1.165) is 6.07 Å². The summed E-state index contributed by atoms with van der Waals surface area (Å²) in [7, 11) is 0. The van der Waals surface area contributed by atoms with Gasteiger partial charge in [0.25, 0.3) is 11.4 Å². The van der Waals surface area contributed by atoms with Crippen molar-refractivity contribution in [2.45, 2.75) is 6.42 Å². The Hall–Kier alpha value is -3.53. The topological polar surface area (TPSA) is 151 Å². The van der Waals surface area contributed by atoms with Crippen LogP contribution in [0, 0.1) is 20.2 Å². The predicted molar refractivity (Wildman–Crippen MR) is 91.9 cm³/mol. The van der Waals surface area contributed by atoms with Crippen LogP contribution in [0.2, 0.25) is 5.02 Å².